The first kappa shape index (κ1) is 15.4. The van der Waals surface area contributed by atoms with Crippen molar-refractivity contribution in [1.82, 2.24) is 10.6 Å². The average molecular weight is 276 g/mol. The Hall–Kier alpha value is -0.620. The van der Waals surface area contributed by atoms with Gasteiger partial charge in [0.15, 0.2) is 9.84 Å². The summed E-state index contributed by atoms with van der Waals surface area (Å²) in [5, 5.41) is 5.16. The molecule has 1 aliphatic rings. The van der Waals surface area contributed by atoms with Crippen LogP contribution in [0.15, 0.2) is 0 Å². The maximum Gasteiger partial charge on any atom is 0.238 e. The van der Waals surface area contributed by atoms with E-state index in [2.05, 4.69) is 17.6 Å². The van der Waals surface area contributed by atoms with Crippen LogP contribution in [-0.4, -0.2) is 45.0 Å². The van der Waals surface area contributed by atoms with Crippen LogP contribution in [0, 0.1) is 5.92 Å². The van der Waals surface area contributed by atoms with Gasteiger partial charge in [0.25, 0.3) is 0 Å². The molecule has 0 saturated carbocycles. The Balaban J connectivity index is 2.46. The largest absolute Gasteiger partial charge is 0.353 e. The molecule has 3 atom stereocenters. The fraction of sp³-hybridized carbons (Fsp3) is 0.917. The molecule has 0 aromatic carbocycles. The zero-order chi connectivity index (χ0) is 13.8. The normalized spacial score (nSPS) is 26.6. The van der Waals surface area contributed by atoms with Crippen LogP contribution in [0.3, 0.4) is 0 Å². The van der Waals surface area contributed by atoms with Crippen LogP contribution in [-0.2, 0) is 14.6 Å². The van der Waals surface area contributed by atoms with Crippen molar-refractivity contribution in [3.8, 4) is 0 Å². The zero-order valence-electron chi connectivity index (χ0n) is 11.4. The first-order valence-corrected chi connectivity index (χ1v) is 8.51. The summed E-state index contributed by atoms with van der Waals surface area (Å²) in [5.41, 5.74) is 0. The van der Waals surface area contributed by atoms with E-state index in [4.69, 9.17) is 0 Å². The van der Waals surface area contributed by atoms with Gasteiger partial charge in [-0.3, -0.25) is 4.79 Å². The fourth-order valence-electron chi connectivity index (χ4n) is 2.30. The Morgan fingerprint density at radius 2 is 2.17 bits per heavy atom. The predicted octanol–water partition coefficient (Wildman–Crippen LogP) is 0.314. The van der Waals surface area contributed by atoms with E-state index in [0.717, 1.165) is 19.2 Å². The molecular formula is C12H24N2O3S. The van der Waals surface area contributed by atoms with Gasteiger partial charge in [-0.1, -0.05) is 13.3 Å². The van der Waals surface area contributed by atoms with Crippen molar-refractivity contribution >= 4 is 15.7 Å². The van der Waals surface area contributed by atoms with Crippen LogP contribution in [0.4, 0.5) is 0 Å². The summed E-state index contributed by atoms with van der Waals surface area (Å²) in [6.07, 6.45) is 4.51. The standard InChI is InChI=1S/C12H24N2O3S/c1-4-10-6-5-7-13-11(10)8-14-12(15)9(2)18(3,16)17/h9-11,13H,4-8H2,1-3H3,(H,14,15). The number of piperidine rings is 1. The fourth-order valence-corrected chi connectivity index (χ4v) is 2.77. The van der Waals surface area contributed by atoms with E-state index < -0.39 is 21.0 Å². The lowest BCUT2D eigenvalue weighted by Gasteiger charge is -2.32. The topological polar surface area (TPSA) is 75.3 Å². The minimum Gasteiger partial charge on any atom is -0.353 e. The molecule has 0 aliphatic carbocycles. The lowest BCUT2D eigenvalue weighted by Crippen LogP contribution is -2.50. The van der Waals surface area contributed by atoms with Gasteiger partial charge in [0.2, 0.25) is 5.91 Å². The zero-order valence-corrected chi connectivity index (χ0v) is 12.2. The van der Waals surface area contributed by atoms with E-state index in [0.29, 0.717) is 12.5 Å². The van der Waals surface area contributed by atoms with Crippen LogP contribution >= 0.6 is 0 Å². The summed E-state index contributed by atoms with van der Waals surface area (Å²) >= 11 is 0. The summed E-state index contributed by atoms with van der Waals surface area (Å²) in [6.45, 7) is 5.05. The van der Waals surface area contributed by atoms with E-state index in [9.17, 15) is 13.2 Å². The summed E-state index contributed by atoms with van der Waals surface area (Å²) in [6, 6.07) is 0.263. The summed E-state index contributed by atoms with van der Waals surface area (Å²) in [5.74, 6) is 0.160. The predicted molar refractivity (Wildman–Crippen MR) is 72.1 cm³/mol. The Morgan fingerprint density at radius 3 is 2.72 bits per heavy atom. The van der Waals surface area contributed by atoms with Gasteiger partial charge in [-0.05, 0) is 32.2 Å². The number of rotatable bonds is 5. The van der Waals surface area contributed by atoms with E-state index in [-0.39, 0.29) is 6.04 Å². The molecule has 3 unspecified atom stereocenters. The van der Waals surface area contributed by atoms with Crippen LogP contribution in [0.25, 0.3) is 0 Å². The van der Waals surface area contributed by atoms with Crippen LogP contribution in [0.5, 0.6) is 0 Å². The van der Waals surface area contributed by atoms with Crippen molar-refractivity contribution in [2.45, 2.75) is 44.4 Å². The number of hydrogen-bond donors (Lipinski definition) is 2. The molecule has 5 nitrogen and oxygen atoms in total. The maximum absolute atomic E-state index is 11.7. The molecule has 106 valence electrons. The van der Waals surface area contributed by atoms with E-state index in [1.165, 1.54) is 19.8 Å². The van der Waals surface area contributed by atoms with Gasteiger partial charge >= 0.3 is 0 Å². The summed E-state index contributed by atoms with van der Waals surface area (Å²) in [4.78, 5) is 11.7. The number of nitrogens with one attached hydrogen (secondary N) is 2. The number of sulfone groups is 1. The van der Waals surface area contributed by atoms with Gasteiger partial charge in [0.05, 0.1) is 0 Å². The first-order chi connectivity index (χ1) is 8.36. The molecule has 0 spiro atoms. The molecular weight excluding hydrogens is 252 g/mol. The van der Waals surface area contributed by atoms with E-state index >= 15 is 0 Å². The second-order valence-electron chi connectivity index (χ2n) is 5.09. The molecule has 1 fully saturated rings. The van der Waals surface area contributed by atoms with Crippen molar-refractivity contribution in [1.29, 1.82) is 0 Å². The molecule has 1 heterocycles. The highest BCUT2D eigenvalue weighted by Gasteiger charge is 2.27. The Morgan fingerprint density at radius 1 is 1.50 bits per heavy atom. The van der Waals surface area contributed by atoms with Crippen LogP contribution < -0.4 is 10.6 Å². The van der Waals surface area contributed by atoms with Gasteiger partial charge in [-0.25, -0.2) is 8.42 Å². The highest BCUT2D eigenvalue weighted by Crippen LogP contribution is 2.19. The summed E-state index contributed by atoms with van der Waals surface area (Å²) in [7, 11) is -3.31. The third-order valence-corrected chi connectivity index (χ3v) is 5.26. The van der Waals surface area contributed by atoms with Crippen molar-refractivity contribution in [3.05, 3.63) is 0 Å². The van der Waals surface area contributed by atoms with Gasteiger partial charge in [-0.15, -0.1) is 0 Å². The number of amides is 1. The Kier molecular flexibility index (Phi) is 5.59. The summed E-state index contributed by atoms with van der Waals surface area (Å²) < 4.78 is 22.5. The minimum atomic E-state index is -3.31. The average Bonchev–Trinajstić information content (AvgIpc) is 2.34. The molecule has 6 heteroatoms. The monoisotopic (exact) mass is 276 g/mol. The molecule has 18 heavy (non-hydrogen) atoms. The van der Waals surface area contributed by atoms with Gasteiger partial charge in [0, 0.05) is 18.8 Å². The number of carbonyl (C=O) groups is 1. The molecule has 2 N–H and O–H groups in total. The lowest BCUT2D eigenvalue weighted by atomic mass is 9.88. The minimum absolute atomic E-state index is 0.263. The third-order valence-electron chi connectivity index (χ3n) is 3.76. The molecule has 0 aromatic heterocycles. The Labute approximate surface area is 110 Å². The molecule has 1 saturated heterocycles. The van der Waals surface area contributed by atoms with E-state index in [1.807, 2.05) is 0 Å². The smallest absolute Gasteiger partial charge is 0.238 e. The molecule has 0 aromatic rings. The quantitative estimate of drug-likeness (QED) is 0.758. The van der Waals surface area contributed by atoms with Gasteiger partial charge in [0.1, 0.15) is 5.25 Å². The van der Waals surface area contributed by atoms with Crippen molar-refractivity contribution in [3.63, 3.8) is 0 Å². The molecule has 0 radical (unpaired) electrons. The van der Waals surface area contributed by atoms with Crippen molar-refractivity contribution < 1.29 is 13.2 Å². The number of hydrogen-bond acceptors (Lipinski definition) is 4. The lowest BCUT2D eigenvalue weighted by molar-refractivity contribution is -0.120. The van der Waals surface area contributed by atoms with Crippen LogP contribution in [0.2, 0.25) is 0 Å². The first-order valence-electron chi connectivity index (χ1n) is 6.56. The highest BCUT2D eigenvalue weighted by atomic mass is 32.2. The Bertz CT molecular complexity index is 381. The molecule has 1 amide bonds. The van der Waals surface area contributed by atoms with Gasteiger partial charge in [-0.2, -0.15) is 0 Å². The maximum atomic E-state index is 11.7. The molecule has 0 bridgehead atoms. The van der Waals surface area contributed by atoms with Crippen molar-refractivity contribution in [2.24, 2.45) is 5.92 Å². The van der Waals surface area contributed by atoms with Crippen molar-refractivity contribution in [2.75, 3.05) is 19.3 Å². The van der Waals surface area contributed by atoms with Gasteiger partial charge < -0.3 is 10.6 Å². The SMILES string of the molecule is CCC1CCCNC1CNC(=O)C(C)S(C)(=O)=O. The molecule has 1 rings (SSSR count). The molecule has 1 aliphatic heterocycles. The number of carbonyl (C=O) groups excluding carboxylic acids is 1. The van der Waals surface area contributed by atoms with E-state index in [1.54, 1.807) is 0 Å². The highest BCUT2D eigenvalue weighted by molar-refractivity contribution is 7.92. The van der Waals surface area contributed by atoms with Crippen LogP contribution in [0.1, 0.15) is 33.1 Å². The second kappa shape index (κ2) is 6.52. The second-order valence-corrected chi connectivity index (χ2v) is 7.45. The third kappa shape index (κ3) is 4.24.